The summed E-state index contributed by atoms with van der Waals surface area (Å²) in [4.78, 5) is 12.3. The molecule has 0 aromatic heterocycles. The molecule has 0 radical (unpaired) electrons. The van der Waals surface area contributed by atoms with Crippen molar-refractivity contribution >= 4 is 11.6 Å². The zero-order chi connectivity index (χ0) is 17.7. The summed E-state index contributed by atoms with van der Waals surface area (Å²) in [6, 6.07) is 13.2. The van der Waals surface area contributed by atoms with E-state index in [0.29, 0.717) is 11.4 Å². The molecule has 2 aromatic rings. The summed E-state index contributed by atoms with van der Waals surface area (Å²) in [6.07, 6.45) is -0.463. The Morgan fingerprint density at radius 1 is 0.875 bits per heavy atom. The standard InChI is InChI=1S/C20H25NO3/c1-13(2)23-18-8-6-17(7-9-18)21-20(22)16(5)24-19-11-14(3)10-15(4)12-19/h6-13,16H,1-5H3,(H,21,22). The second-order valence-corrected chi connectivity index (χ2v) is 6.26. The zero-order valence-electron chi connectivity index (χ0n) is 14.9. The molecule has 0 aliphatic carbocycles. The maximum atomic E-state index is 12.3. The van der Waals surface area contributed by atoms with Gasteiger partial charge in [0.15, 0.2) is 6.10 Å². The number of benzene rings is 2. The molecule has 2 rings (SSSR count). The Morgan fingerprint density at radius 2 is 1.46 bits per heavy atom. The number of hydrogen-bond acceptors (Lipinski definition) is 3. The summed E-state index contributed by atoms with van der Waals surface area (Å²) in [7, 11) is 0. The fourth-order valence-corrected chi connectivity index (χ4v) is 2.39. The van der Waals surface area contributed by atoms with Crippen LogP contribution < -0.4 is 14.8 Å². The third kappa shape index (κ3) is 5.30. The van der Waals surface area contributed by atoms with E-state index in [2.05, 4.69) is 11.4 Å². The highest BCUT2D eigenvalue weighted by Crippen LogP contribution is 2.19. The third-order valence-corrected chi connectivity index (χ3v) is 3.37. The quantitative estimate of drug-likeness (QED) is 0.850. The monoisotopic (exact) mass is 327 g/mol. The van der Waals surface area contributed by atoms with Crippen molar-refractivity contribution in [3.05, 3.63) is 53.6 Å². The number of aryl methyl sites for hydroxylation is 2. The van der Waals surface area contributed by atoms with E-state index in [1.165, 1.54) is 0 Å². The van der Waals surface area contributed by atoms with Crippen LogP contribution >= 0.6 is 0 Å². The second-order valence-electron chi connectivity index (χ2n) is 6.26. The predicted molar refractivity (Wildman–Crippen MR) is 96.8 cm³/mol. The van der Waals surface area contributed by atoms with Gasteiger partial charge in [-0.2, -0.15) is 0 Å². The molecule has 4 nitrogen and oxygen atoms in total. The van der Waals surface area contributed by atoms with Crippen LogP contribution in [0.4, 0.5) is 5.69 Å². The highest BCUT2D eigenvalue weighted by atomic mass is 16.5. The molecular formula is C20H25NO3. The van der Waals surface area contributed by atoms with Gasteiger partial charge in [-0.3, -0.25) is 4.79 Å². The Labute approximate surface area is 143 Å². The lowest BCUT2D eigenvalue weighted by Gasteiger charge is -2.16. The van der Waals surface area contributed by atoms with Gasteiger partial charge in [0.05, 0.1) is 6.10 Å². The van der Waals surface area contributed by atoms with E-state index in [1.54, 1.807) is 6.92 Å². The van der Waals surface area contributed by atoms with Gasteiger partial charge < -0.3 is 14.8 Å². The lowest BCUT2D eigenvalue weighted by atomic mass is 10.1. The van der Waals surface area contributed by atoms with E-state index >= 15 is 0 Å². The number of anilines is 1. The van der Waals surface area contributed by atoms with Crippen molar-refractivity contribution in [2.45, 2.75) is 46.8 Å². The Kier molecular flexibility index (Phi) is 5.85. The summed E-state index contributed by atoms with van der Waals surface area (Å²) in [5.41, 5.74) is 2.93. The van der Waals surface area contributed by atoms with Crippen LogP contribution in [-0.2, 0) is 4.79 Å². The second kappa shape index (κ2) is 7.86. The summed E-state index contributed by atoms with van der Waals surface area (Å²) in [6.45, 7) is 9.70. The lowest BCUT2D eigenvalue weighted by Crippen LogP contribution is -2.30. The maximum Gasteiger partial charge on any atom is 0.265 e. The Bertz CT molecular complexity index is 672. The topological polar surface area (TPSA) is 47.6 Å². The molecule has 0 bridgehead atoms. The van der Waals surface area contributed by atoms with E-state index in [-0.39, 0.29) is 12.0 Å². The van der Waals surface area contributed by atoms with E-state index < -0.39 is 6.10 Å². The predicted octanol–water partition coefficient (Wildman–Crippen LogP) is 4.50. The molecule has 2 aromatic carbocycles. The van der Waals surface area contributed by atoms with Crippen molar-refractivity contribution in [2.75, 3.05) is 5.32 Å². The maximum absolute atomic E-state index is 12.3. The summed E-state index contributed by atoms with van der Waals surface area (Å²) in [5.74, 6) is 1.30. The summed E-state index contributed by atoms with van der Waals surface area (Å²) in [5, 5.41) is 2.85. The zero-order valence-corrected chi connectivity index (χ0v) is 14.9. The average Bonchev–Trinajstić information content (AvgIpc) is 2.47. The Morgan fingerprint density at radius 3 is 2.00 bits per heavy atom. The van der Waals surface area contributed by atoms with Gasteiger partial charge in [0.25, 0.3) is 5.91 Å². The molecule has 0 aliphatic heterocycles. The van der Waals surface area contributed by atoms with Crippen molar-refractivity contribution in [3.8, 4) is 11.5 Å². The van der Waals surface area contributed by atoms with Crippen molar-refractivity contribution in [2.24, 2.45) is 0 Å². The Hall–Kier alpha value is -2.49. The fourth-order valence-electron chi connectivity index (χ4n) is 2.39. The van der Waals surface area contributed by atoms with Crippen LogP contribution in [0, 0.1) is 13.8 Å². The van der Waals surface area contributed by atoms with Crippen molar-refractivity contribution in [1.29, 1.82) is 0 Å². The molecule has 1 amide bonds. The molecule has 0 saturated carbocycles. The molecule has 4 heteroatoms. The van der Waals surface area contributed by atoms with Gasteiger partial charge in [-0.05, 0) is 82.1 Å². The van der Waals surface area contributed by atoms with Crippen LogP contribution in [0.3, 0.4) is 0 Å². The van der Waals surface area contributed by atoms with E-state index in [0.717, 1.165) is 16.9 Å². The van der Waals surface area contributed by atoms with Gasteiger partial charge in [0.2, 0.25) is 0 Å². The Balaban J connectivity index is 1.95. The average molecular weight is 327 g/mol. The van der Waals surface area contributed by atoms with E-state index in [1.807, 2.05) is 64.1 Å². The normalized spacial score (nSPS) is 11.9. The molecule has 0 spiro atoms. The van der Waals surface area contributed by atoms with Crippen molar-refractivity contribution < 1.29 is 14.3 Å². The van der Waals surface area contributed by atoms with Gasteiger partial charge in [0.1, 0.15) is 11.5 Å². The molecule has 128 valence electrons. The van der Waals surface area contributed by atoms with Gasteiger partial charge >= 0.3 is 0 Å². The van der Waals surface area contributed by atoms with E-state index in [4.69, 9.17) is 9.47 Å². The highest BCUT2D eigenvalue weighted by molar-refractivity contribution is 5.94. The first-order chi connectivity index (χ1) is 11.3. The largest absolute Gasteiger partial charge is 0.491 e. The van der Waals surface area contributed by atoms with E-state index in [9.17, 15) is 4.79 Å². The molecule has 24 heavy (non-hydrogen) atoms. The van der Waals surface area contributed by atoms with Crippen LogP contribution in [0.2, 0.25) is 0 Å². The van der Waals surface area contributed by atoms with Gasteiger partial charge in [-0.15, -0.1) is 0 Å². The first kappa shape index (κ1) is 17.9. The number of carbonyl (C=O) groups excluding carboxylic acids is 1. The van der Waals surface area contributed by atoms with Gasteiger partial charge in [-0.1, -0.05) is 6.07 Å². The SMILES string of the molecule is Cc1cc(C)cc(OC(C)C(=O)Nc2ccc(OC(C)C)cc2)c1. The fraction of sp³-hybridized carbons (Fsp3) is 0.350. The van der Waals surface area contributed by atoms with Crippen LogP contribution in [0.1, 0.15) is 31.9 Å². The number of hydrogen-bond donors (Lipinski definition) is 1. The molecule has 0 aliphatic rings. The molecule has 1 atom stereocenters. The minimum Gasteiger partial charge on any atom is -0.491 e. The number of ether oxygens (including phenoxy) is 2. The molecular weight excluding hydrogens is 302 g/mol. The minimum atomic E-state index is -0.585. The van der Waals surface area contributed by atoms with Crippen LogP contribution in [0.25, 0.3) is 0 Å². The number of carbonyl (C=O) groups is 1. The van der Waals surface area contributed by atoms with Crippen molar-refractivity contribution in [1.82, 2.24) is 0 Å². The summed E-state index contributed by atoms with van der Waals surface area (Å²) >= 11 is 0. The van der Waals surface area contributed by atoms with Gasteiger partial charge in [-0.25, -0.2) is 0 Å². The molecule has 1 N–H and O–H groups in total. The first-order valence-electron chi connectivity index (χ1n) is 8.16. The molecule has 1 unspecified atom stereocenters. The summed E-state index contributed by atoms with van der Waals surface area (Å²) < 4.78 is 11.3. The smallest absolute Gasteiger partial charge is 0.265 e. The molecule has 0 heterocycles. The van der Waals surface area contributed by atoms with Gasteiger partial charge in [0, 0.05) is 5.69 Å². The van der Waals surface area contributed by atoms with Crippen LogP contribution in [-0.4, -0.2) is 18.1 Å². The molecule has 0 fully saturated rings. The number of amides is 1. The van der Waals surface area contributed by atoms with Crippen LogP contribution in [0.5, 0.6) is 11.5 Å². The highest BCUT2D eigenvalue weighted by Gasteiger charge is 2.15. The first-order valence-corrected chi connectivity index (χ1v) is 8.16. The lowest BCUT2D eigenvalue weighted by molar-refractivity contribution is -0.122. The third-order valence-electron chi connectivity index (χ3n) is 3.37. The number of rotatable bonds is 6. The number of nitrogens with one attached hydrogen (secondary N) is 1. The minimum absolute atomic E-state index is 0.122. The van der Waals surface area contributed by atoms with Crippen molar-refractivity contribution in [3.63, 3.8) is 0 Å². The molecule has 0 saturated heterocycles. The van der Waals surface area contributed by atoms with Crippen LogP contribution in [0.15, 0.2) is 42.5 Å².